The Morgan fingerprint density at radius 2 is 1.62 bits per heavy atom. The van der Waals surface area contributed by atoms with Crippen molar-refractivity contribution in [3.05, 3.63) is 59.8 Å². The van der Waals surface area contributed by atoms with E-state index in [4.69, 9.17) is 14.6 Å². The number of carbonyl (C=O) groups excluding carboxylic acids is 1. The molecule has 1 aliphatic heterocycles. The first-order valence-corrected chi connectivity index (χ1v) is 11.0. The zero-order valence-corrected chi connectivity index (χ0v) is 19.4. The van der Waals surface area contributed by atoms with Gasteiger partial charge in [-0.05, 0) is 61.4 Å². The molecule has 1 aromatic heterocycles. The van der Waals surface area contributed by atoms with Gasteiger partial charge in [-0.3, -0.25) is 5.21 Å². The van der Waals surface area contributed by atoms with Crippen LogP contribution in [0.5, 0.6) is 11.5 Å². The van der Waals surface area contributed by atoms with Gasteiger partial charge in [0, 0.05) is 31.6 Å². The number of ether oxygens (including phenoxy) is 2. The van der Waals surface area contributed by atoms with E-state index in [-0.39, 0.29) is 5.92 Å². The molecule has 0 atom stereocenters. The highest BCUT2D eigenvalue weighted by atomic mass is 16.5. The first kappa shape index (κ1) is 23.1. The van der Waals surface area contributed by atoms with Gasteiger partial charge in [0.2, 0.25) is 0 Å². The van der Waals surface area contributed by atoms with Crippen molar-refractivity contribution in [2.45, 2.75) is 18.8 Å². The molecule has 34 heavy (non-hydrogen) atoms. The molecule has 2 amide bonds. The van der Waals surface area contributed by atoms with Crippen molar-refractivity contribution >= 4 is 6.03 Å². The second kappa shape index (κ2) is 9.85. The second-order valence-electron chi connectivity index (χ2n) is 8.13. The Balaban J connectivity index is 1.76. The lowest BCUT2D eigenvalue weighted by molar-refractivity contribution is -0.0356. The van der Waals surface area contributed by atoms with Crippen LogP contribution >= 0.6 is 0 Å². The van der Waals surface area contributed by atoms with Gasteiger partial charge < -0.3 is 14.4 Å². The van der Waals surface area contributed by atoms with Gasteiger partial charge in [0.25, 0.3) is 0 Å². The van der Waals surface area contributed by atoms with Crippen LogP contribution in [0.1, 0.15) is 30.0 Å². The number of amides is 2. The molecule has 0 radical (unpaired) electrons. The molecule has 0 unspecified atom stereocenters. The number of benzene rings is 2. The molecule has 1 saturated heterocycles. The van der Waals surface area contributed by atoms with E-state index in [0.29, 0.717) is 47.9 Å². The molecule has 0 spiro atoms. The van der Waals surface area contributed by atoms with E-state index in [2.05, 4.69) is 6.07 Å². The van der Waals surface area contributed by atoms with E-state index in [1.165, 1.54) is 7.05 Å². The van der Waals surface area contributed by atoms with Gasteiger partial charge in [-0.15, -0.1) is 0 Å². The molecule has 9 heteroatoms. The van der Waals surface area contributed by atoms with E-state index < -0.39 is 6.03 Å². The molecule has 1 aliphatic rings. The van der Waals surface area contributed by atoms with Crippen LogP contribution in [0.15, 0.2) is 48.5 Å². The predicted octanol–water partition coefficient (Wildman–Crippen LogP) is 4.05. The summed E-state index contributed by atoms with van der Waals surface area (Å²) in [5.41, 5.74) is 3.60. The van der Waals surface area contributed by atoms with Gasteiger partial charge in [0.1, 0.15) is 23.1 Å². The summed E-state index contributed by atoms with van der Waals surface area (Å²) in [6, 6.07) is 17.0. The van der Waals surface area contributed by atoms with Crippen LogP contribution in [0.25, 0.3) is 16.9 Å². The number of hydrogen-bond donors (Lipinski definition) is 1. The molecule has 0 aliphatic carbocycles. The average Bonchev–Trinajstić information content (AvgIpc) is 3.28. The lowest BCUT2D eigenvalue weighted by Crippen LogP contribution is -2.43. The van der Waals surface area contributed by atoms with Crippen LogP contribution < -0.4 is 9.47 Å². The third-order valence-electron chi connectivity index (χ3n) is 6.13. The molecule has 2 heterocycles. The summed E-state index contributed by atoms with van der Waals surface area (Å²) < 4.78 is 12.4. The second-order valence-corrected chi connectivity index (χ2v) is 8.13. The number of rotatable bonds is 5. The Morgan fingerprint density at radius 1 is 1.06 bits per heavy atom. The van der Waals surface area contributed by atoms with Gasteiger partial charge in [-0.1, -0.05) is 0 Å². The molecule has 9 nitrogen and oxygen atoms in total. The number of nitrogens with zero attached hydrogens (tertiary/aromatic N) is 5. The number of hydroxylamine groups is 2. The van der Waals surface area contributed by atoms with Gasteiger partial charge in [0.05, 0.1) is 31.3 Å². The lowest BCUT2D eigenvalue weighted by atomic mass is 9.90. The number of urea groups is 1. The SMILES string of the molecule is COc1ccc(-c2c(C#N)c(C3CCN(C(=O)N(C)O)CC3)nn2-c2ccc(OC)cc2)cc1. The first-order chi connectivity index (χ1) is 16.5. The Hall–Kier alpha value is -4.03. The Kier molecular flexibility index (Phi) is 6.70. The van der Waals surface area contributed by atoms with Crippen LogP contribution in [0.4, 0.5) is 4.79 Å². The van der Waals surface area contributed by atoms with Gasteiger partial charge in [-0.2, -0.15) is 10.4 Å². The smallest absolute Gasteiger partial charge is 0.343 e. The van der Waals surface area contributed by atoms with Crippen molar-refractivity contribution in [2.24, 2.45) is 0 Å². The topological polar surface area (TPSA) is 104 Å². The van der Waals surface area contributed by atoms with Crippen molar-refractivity contribution in [1.29, 1.82) is 5.26 Å². The van der Waals surface area contributed by atoms with Crippen LogP contribution in [-0.4, -0.2) is 65.3 Å². The maximum atomic E-state index is 12.1. The first-order valence-electron chi connectivity index (χ1n) is 11.0. The molecule has 1 N–H and O–H groups in total. The highest BCUT2D eigenvalue weighted by Gasteiger charge is 2.31. The van der Waals surface area contributed by atoms with Crippen molar-refractivity contribution in [3.8, 4) is 34.5 Å². The van der Waals surface area contributed by atoms with Crippen LogP contribution in [0.2, 0.25) is 0 Å². The van der Waals surface area contributed by atoms with Crippen molar-refractivity contribution in [2.75, 3.05) is 34.4 Å². The Bertz CT molecular complexity index is 1190. The molecular formula is C25H27N5O4. The number of methoxy groups -OCH3 is 2. The number of nitriles is 1. The third-order valence-corrected chi connectivity index (χ3v) is 6.13. The fraction of sp³-hybridized carbons (Fsp3) is 0.320. The van der Waals surface area contributed by atoms with Crippen molar-refractivity contribution in [3.63, 3.8) is 0 Å². The number of likely N-dealkylation sites (tertiary alicyclic amines) is 1. The third kappa shape index (κ3) is 4.40. The van der Waals surface area contributed by atoms with E-state index in [1.54, 1.807) is 23.8 Å². The zero-order valence-electron chi connectivity index (χ0n) is 19.4. The summed E-state index contributed by atoms with van der Waals surface area (Å²) in [6.07, 6.45) is 1.30. The van der Waals surface area contributed by atoms with Gasteiger partial charge in [-0.25, -0.2) is 14.5 Å². The fourth-order valence-electron chi connectivity index (χ4n) is 4.31. The van der Waals surface area contributed by atoms with Crippen molar-refractivity contribution < 1.29 is 19.5 Å². The minimum atomic E-state index is -0.429. The predicted molar refractivity (Wildman–Crippen MR) is 125 cm³/mol. The summed E-state index contributed by atoms with van der Waals surface area (Å²) in [7, 11) is 4.55. The highest BCUT2D eigenvalue weighted by molar-refractivity contribution is 5.73. The number of hydrogen-bond acceptors (Lipinski definition) is 6. The summed E-state index contributed by atoms with van der Waals surface area (Å²) in [5.74, 6) is 1.47. The minimum Gasteiger partial charge on any atom is -0.497 e. The maximum Gasteiger partial charge on any atom is 0.343 e. The molecule has 176 valence electrons. The molecule has 0 saturated carbocycles. The molecule has 3 aromatic rings. The Morgan fingerprint density at radius 3 is 2.12 bits per heavy atom. The van der Waals surface area contributed by atoms with E-state index in [0.717, 1.165) is 22.7 Å². The van der Waals surface area contributed by atoms with Crippen LogP contribution in [0, 0.1) is 11.3 Å². The van der Waals surface area contributed by atoms with Crippen LogP contribution in [0.3, 0.4) is 0 Å². The summed E-state index contributed by atoms with van der Waals surface area (Å²) in [6.45, 7) is 0.957. The Labute approximate surface area is 198 Å². The summed E-state index contributed by atoms with van der Waals surface area (Å²) in [5, 5.41) is 25.2. The number of carbonyl (C=O) groups is 1. The summed E-state index contributed by atoms with van der Waals surface area (Å²) >= 11 is 0. The fourth-order valence-corrected chi connectivity index (χ4v) is 4.31. The number of piperidine rings is 1. The molecule has 1 fully saturated rings. The van der Waals surface area contributed by atoms with Crippen molar-refractivity contribution in [1.82, 2.24) is 19.7 Å². The quantitative estimate of drug-likeness (QED) is 0.454. The minimum absolute atomic E-state index is 0.0131. The van der Waals surface area contributed by atoms with Crippen LogP contribution in [-0.2, 0) is 0 Å². The molecule has 0 bridgehead atoms. The highest BCUT2D eigenvalue weighted by Crippen LogP contribution is 2.37. The van der Waals surface area contributed by atoms with E-state index >= 15 is 0 Å². The molecular weight excluding hydrogens is 434 g/mol. The van der Waals surface area contributed by atoms with E-state index in [9.17, 15) is 15.3 Å². The number of aromatic nitrogens is 2. The van der Waals surface area contributed by atoms with Gasteiger partial charge in [0.15, 0.2) is 0 Å². The maximum absolute atomic E-state index is 12.1. The van der Waals surface area contributed by atoms with E-state index in [1.807, 2.05) is 48.5 Å². The standard InChI is InChI=1S/C25H27N5O4/c1-28(32)25(31)29-14-12-17(13-15-29)23-22(16-26)24(18-4-8-20(33-2)9-5-18)30(27-23)19-6-10-21(34-3)11-7-19/h4-11,17,32H,12-15H2,1-3H3. The van der Waals surface area contributed by atoms with Gasteiger partial charge >= 0.3 is 6.03 Å². The average molecular weight is 462 g/mol. The lowest BCUT2D eigenvalue weighted by Gasteiger charge is -2.32. The zero-order chi connectivity index (χ0) is 24.2. The largest absolute Gasteiger partial charge is 0.497 e. The molecule has 2 aromatic carbocycles. The monoisotopic (exact) mass is 461 g/mol. The molecule has 4 rings (SSSR count). The normalized spacial score (nSPS) is 13.9. The summed E-state index contributed by atoms with van der Waals surface area (Å²) in [4.78, 5) is 13.7.